The summed E-state index contributed by atoms with van der Waals surface area (Å²) in [6.45, 7) is 0. The fraction of sp³-hybridized carbons (Fsp3) is 0.300. The summed E-state index contributed by atoms with van der Waals surface area (Å²) in [6.07, 6.45) is 1.88. The third-order valence-corrected chi connectivity index (χ3v) is 2.50. The topological polar surface area (TPSA) is 49.3 Å². The average molecular weight is 212 g/mol. The molecule has 2 rings (SSSR count). The lowest BCUT2D eigenvalue weighted by Gasteiger charge is -2.06. The Balaban J connectivity index is 2.15. The number of carbonyl (C=O) groups excluding carboxylic acids is 1. The van der Waals surface area contributed by atoms with Crippen molar-refractivity contribution in [3.63, 3.8) is 0 Å². The van der Waals surface area contributed by atoms with Crippen LogP contribution in [0.25, 0.3) is 0 Å². The number of hydrogen-bond donors (Lipinski definition) is 2. The predicted octanol–water partition coefficient (Wildman–Crippen LogP) is 2.39. The van der Waals surface area contributed by atoms with Gasteiger partial charge in [0.15, 0.2) is 5.75 Å². The summed E-state index contributed by atoms with van der Waals surface area (Å²) < 4.78 is 0. The third-order valence-electron chi connectivity index (χ3n) is 2.19. The van der Waals surface area contributed by atoms with E-state index in [0.717, 1.165) is 12.8 Å². The van der Waals surface area contributed by atoms with Gasteiger partial charge in [-0.3, -0.25) is 4.79 Å². The van der Waals surface area contributed by atoms with Crippen LogP contribution >= 0.6 is 11.6 Å². The van der Waals surface area contributed by atoms with Crippen LogP contribution in [0.15, 0.2) is 18.2 Å². The van der Waals surface area contributed by atoms with Gasteiger partial charge in [-0.15, -0.1) is 0 Å². The van der Waals surface area contributed by atoms with Crippen LogP contribution in [0.1, 0.15) is 12.8 Å². The first-order valence-corrected chi connectivity index (χ1v) is 4.84. The highest BCUT2D eigenvalue weighted by Crippen LogP contribution is 2.34. The SMILES string of the molecule is O=C(Nc1cccc(Cl)c1O)C1CC1. The molecule has 0 aliphatic heterocycles. The number of phenols is 1. The highest BCUT2D eigenvalue weighted by atomic mass is 35.5. The van der Waals surface area contributed by atoms with Crippen molar-refractivity contribution in [2.75, 3.05) is 5.32 Å². The van der Waals surface area contributed by atoms with Gasteiger partial charge >= 0.3 is 0 Å². The smallest absolute Gasteiger partial charge is 0.227 e. The largest absolute Gasteiger partial charge is 0.504 e. The number of hydrogen-bond acceptors (Lipinski definition) is 2. The summed E-state index contributed by atoms with van der Waals surface area (Å²) in [5.74, 6) is 0.0131. The van der Waals surface area contributed by atoms with Gasteiger partial charge in [0.2, 0.25) is 5.91 Å². The number of nitrogens with one attached hydrogen (secondary N) is 1. The number of phenolic OH excluding ortho intramolecular Hbond substituents is 1. The Kier molecular flexibility index (Phi) is 2.33. The number of aromatic hydroxyl groups is 1. The zero-order valence-corrected chi connectivity index (χ0v) is 8.21. The van der Waals surface area contributed by atoms with Crippen LogP contribution in [0.4, 0.5) is 5.69 Å². The molecule has 0 unspecified atom stereocenters. The molecule has 0 atom stereocenters. The molecule has 1 amide bonds. The fourth-order valence-electron chi connectivity index (χ4n) is 1.20. The molecule has 0 aromatic heterocycles. The van der Waals surface area contributed by atoms with Crippen molar-refractivity contribution in [1.82, 2.24) is 0 Å². The third kappa shape index (κ3) is 1.82. The van der Waals surface area contributed by atoms with E-state index in [-0.39, 0.29) is 22.6 Å². The summed E-state index contributed by atoms with van der Waals surface area (Å²) in [6, 6.07) is 4.88. The quantitative estimate of drug-likeness (QED) is 0.738. The molecular weight excluding hydrogens is 202 g/mol. The maximum absolute atomic E-state index is 11.4. The molecule has 1 aromatic carbocycles. The molecule has 1 aliphatic rings. The molecule has 1 fully saturated rings. The van der Waals surface area contributed by atoms with Crippen LogP contribution in [0, 0.1) is 5.92 Å². The van der Waals surface area contributed by atoms with Gasteiger partial charge in [-0.25, -0.2) is 0 Å². The van der Waals surface area contributed by atoms with Crippen LogP contribution < -0.4 is 5.32 Å². The van der Waals surface area contributed by atoms with E-state index in [9.17, 15) is 9.90 Å². The predicted molar refractivity (Wildman–Crippen MR) is 54.5 cm³/mol. The van der Waals surface area contributed by atoms with E-state index in [1.54, 1.807) is 18.2 Å². The van der Waals surface area contributed by atoms with Gasteiger partial charge in [-0.05, 0) is 25.0 Å². The Morgan fingerprint density at radius 2 is 2.21 bits per heavy atom. The second-order valence-electron chi connectivity index (χ2n) is 3.40. The number of halogens is 1. The van der Waals surface area contributed by atoms with Crippen molar-refractivity contribution in [1.29, 1.82) is 0 Å². The molecule has 74 valence electrons. The van der Waals surface area contributed by atoms with E-state index in [1.165, 1.54) is 0 Å². The number of amides is 1. The fourth-order valence-corrected chi connectivity index (χ4v) is 1.37. The molecule has 0 heterocycles. The van der Waals surface area contributed by atoms with Crippen molar-refractivity contribution in [2.45, 2.75) is 12.8 Å². The standard InChI is InChI=1S/C10H10ClNO2/c11-7-2-1-3-8(9(7)13)12-10(14)6-4-5-6/h1-3,6,13H,4-5H2,(H,12,14). The highest BCUT2D eigenvalue weighted by molar-refractivity contribution is 6.32. The Bertz CT molecular complexity index is 374. The summed E-state index contributed by atoms with van der Waals surface area (Å²) in [5, 5.41) is 12.4. The molecule has 2 N–H and O–H groups in total. The Morgan fingerprint density at radius 1 is 1.50 bits per heavy atom. The molecule has 1 aliphatic carbocycles. The monoisotopic (exact) mass is 211 g/mol. The molecule has 4 heteroatoms. The molecule has 3 nitrogen and oxygen atoms in total. The van der Waals surface area contributed by atoms with Gasteiger partial charge in [-0.2, -0.15) is 0 Å². The maximum Gasteiger partial charge on any atom is 0.227 e. The van der Waals surface area contributed by atoms with Crippen LogP contribution in [0.2, 0.25) is 5.02 Å². The van der Waals surface area contributed by atoms with E-state index < -0.39 is 0 Å². The summed E-state index contributed by atoms with van der Waals surface area (Å²) in [4.78, 5) is 11.4. The first kappa shape index (κ1) is 9.34. The molecule has 0 radical (unpaired) electrons. The van der Waals surface area contributed by atoms with Crippen molar-refractivity contribution in [2.24, 2.45) is 5.92 Å². The number of benzene rings is 1. The van der Waals surface area contributed by atoms with Gasteiger partial charge in [0.05, 0.1) is 10.7 Å². The van der Waals surface area contributed by atoms with Crippen molar-refractivity contribution >= 4 is 23.2 Å². The molecule has 14 heavy (non-hydrogen) atoms. The molecular formula is C10H10ClNO2. The first-order chi connectivity index (χ1) is 6.68. The van der Waals surface area contributed by atoms with Gasteiger partial charge in [0.25, 0.3) is 0 Å². The number of rotatable bonds is 2. The second-order valence-corrected chi connectivity index (χ2v) is 3.81. The minimum absolute atomic E-state index is 0.0393. The molecule has 1 aromatic rings. The average Bonchev–Trinajstić information content (AvgIpc) is 2.95. The summed E-state index contributed by atoms with van der Waals surface area (Å²) >= 11 is 5.69. The second kappa shape index (κ2) is 3.50. The van der Waals surface area contributed by atoms with E-state index >= 15 is 0 Å². The Morgan fingerprint density at radius 3 is 2.86 bits per heavy atom. The maximum atomic E-state index is 11.4. The van der Waals surface area contributed by atoms with Gasteiger partial charge in [-0.1, -0.05) is 17.7 Å². The Labute approximate surface area is 86.7 Å². The minimum atomic E-state index is -0.0665. The number of carbonyl (C=O) groups is 1. The minimum Gasteiger partial charge on any atom is -0.504 e. The van der Waals surface area contributed by atoms with Gasteiger partial charge in [0.1, 0.15) is 0 Å². The van der Waals surface area contributed by atoms with E-state index in [2.05, 4.69) is 5.32 Å². The van der Waals surface area contributed by atoms with E-state index in [1.807, 2.05) is 0 Å². The lowest BCUT2D eigenvalue weighted by atomic mass is 10.2. The van der Waals surface area contributed by atoms with E-state index in [0.29, 0.717) is 5.69 Å². The number of para-hydroxylation sites is 1. The summed E-state index contributed by atoms with van der Waals surface area (Å²) in [5.41, 5.74) is 0.384. The van der Waals surface area contributed by atoms with Crippen LogP contribution in [-0.2, 0) is 4.79 Å². The summed E-state index contributed by atoms with van der Waals surface area (Å²) in [7, 11) is 0. The Hall–Kier alpha value is -1.22. The molecule has 1 saturated carbocycles. The lowest BCUT2D eigenvalue weighted by Crippen LogP contribution is -2.13. The molecule has 0 saturated heterocycles. The van der Waals surface area contributed by atoms with Crippen molar-refractivity contribution in [3.05, 3.63) is 23.2 Å². The van der Waals surface area contributed by atoms with Crippen LogP contribution in [0.3, 0.4) is 0 Å². The molecule has 0 spiro atoms. The zero-order chi connectivity index (χ0) is 10.1. The zero-order valence-electron chi connectivity index (χ0n) is 7.46. The normalized spacial score (nSPS) is 15.2. The van der Waals surface area contributed by atoms with Crippen molar-refractivity contribution < 1.29 is 9.90 Å². The van der Waals surface area contributed by atoms with Gasteiger partial charge in [0, 0.05) is 5.92 Å². The molecule has 0 bridgehead atoms. The lowest BCUT2D eigenvalue weighted by molar-refractivity contribution is -0.117. The number of anilines is 1. The van der Waals surface area contributed by atoms with E-state index in [4.69, 9.17) is 11.6 Å². The van der Waals surface area contributed by atoms with Gasteiger partial charge < -0.3 is 10.4 Å². The first-order valence-electron chi connectivity index (χ1n) is 4.47. The van der Waals surface area contributed by atoms with Crippen LogP contribution in [0.5, 0.6) is 5.75 Å². The van der Waals surface area contributed by atoms with Crippen molar-refractivity contribution in [3.8, 4) is 5.75 Å². The highest BCUT2D eigenvalue weighted by Gasteiger charge is 2.30. The van der Waals surface area contributed by atoms with Crippen LogP contribution in [-0.4, -0.2) is 11.0 Å².